The second-order valence-electron chi connectivity index (χ2n) is 4.95. The number of nitrogens with zero attached hydrogens (tertiary/aromatic N) is 1. The van der Waals surface area contributed by atoms with E-state index in [-0.39, 0.29) is 6.04 Å². The summed E-state index contributed by atoms with van der Waals surface area (Å²) in [6.07, 6.45) is -0.0925. The smallest absolute Gasteiger partial charge is 0.407 e. The van der Waals surface area contributed by atoms with Gasteiger partial charge in [-0.15, -0.1) is 0 Å². The molecular weight excluding hydrogens is 280 g/mol. The third-order valence-corrected chi connectivity index (χ3v) is 3.79. The number of hydrogen-bond acceptors (Lipinski definition) is 4. The van der Waals surface area contributed by atoms with Gasteiger partial charge in [0, 0.05) is 13.1 Å². The van der Waals surface area contributed by atoms with Crippen LogP contribution >= 0.6 is 11.6 Å². The van der Waals surface area contributed by atoms with Crippen molar-refractivity contribution >= 4 is 23.4 Å². The maximum Gasteiger partial charge on any atom is 0.407 e. The maximum absolute atomic E-state index is 11.2. The van der Waals surface area contributed by atoms with Crippen molar-refractivity contribution in [2.24, 2.45) is 0 Å². The number of alkyl carbamates (subject to hydrolysis) is 1. The van der Waals surface area contributed by atoms with E-state index >= 15 is 0 Å². The van der Waals surface area contributed by atoms with Gasteiger partial charge in [-0.1, -0.05) is 17.7 Å². The van der Waals surface area contributed by atoms with E-state index < -0.39 is 12.2 Å². The van der Waals surface area contributed by atoms with Crippen LogP contribution in [0.2, 0.25) is 5.02 Å². The zero-order valence-corrected chi connectivity index (χ0v) is 12.4. The lowest BCUT2D eigenvalue weighted by molar-refractivity contribution is 0.167. The molecule has 1 saturated heterocycles. The van der Waals surface area contributed by atoms with Gasteiger partial charge in [0.1, 0.15) is 0 Å². The molecule has 1 aliphatic rings. The Labute approximate surface area is 123 Å². The third kappa shape index (κ3) is 3.35. The van der Waals surface area contributed by atoms with Crippen LogP contribution in [0, 0.1) is 0 Å². The molecule has 5 nitrogen and oxygen atoms in total. The molecule has 1 aromatic carbocycles. The monoisotopic (exact) mass is 298 g/mol. The number of aliphatic hydroxyl groups is 1. The largest absolute Gasteiger partial charge is 0.453 e. The number of methoxy groups -OCH3 is 1. The van der Waals surface area contributed by atoms with Crippen molar-refractivity contribution in [3.8, 4) is 0 Å². The summed E-state index contributed by atoms with van der Waals surface area (Å²) in [6.45, 7) is 3.22. The molecule has 6 heteroatoms. The van der Waals surface area contributed by atoms with E-state index in [9.17, 15) is 9.90 Å². The first-order valence-electron chi connectivity index (χ1n) is 6.58. The molecule has 1 aliphatic heterocycles. The molecule has 2 N–H and O–H groups in total. The lowest BCUT2D eigenvalue weighted by Gasteiger charge is -2.21. The first-order valence-corrected chi connectivity index (χ1v) is 6.96. The van der Waals surface area contributed by atoms with Crippen molar-refractivity contribution in [1.82, 2.24) is 5.32 Å². The minimum atomic E-state index is -0.533. The average molecular weight is 299 g/mol. The number of aliphatic hydroxyl groups excluding tert-OH is 1. The maximum atomic E-state index is 11.2. The van der Waals surface area contributed by atoms with Gasteiger partial charge in [-0.3, -0.25) is 0 Å². The summed E-state index contributed by atoms with van der Waals surface area (Å²) in [6, 6.07) is 5.62. The second-order valence-corrected chi connectivity index (χ2v) is 5.36. The fraction of sp³-hybridized carbons (Fsp3) is 0.500. The van der Waals surface area contributed by atoms with Crippen molar-refractivity contribution in [2.45, 2.75) is 25.5 Å². The minimum absolute atomic E-state index is 0.0648. The standard InChI is InChI=1S/C14H19ClN2O3/c1-9(18)10-3-4-13(12(15)7-10)17-6-5-11(8-17)16-14(19)20-2/h3-4,7,9,11,18H,5-6,8H2,1-2H3,(H,16,19). The van der Waals surface area contributed by atoms with E-state index in [1.807, 2.05) is 12.1 Å². The van der Waals surface area contributed by atoms with Gasteiger partial charge in [-0.05, 0) is 31.0 Å². The van der Waals surface area contributed by atoms with Gasteiger partial charge in [0.15, 0.2) is 0 Å². The van der Waals surface area contributed by atoms with Gasteiger partial charge in [0.2, 0.25) is 0 Å². The van der Waals surface area contributed by atoms with Crippen molar-refractivity contribution in [3.05, 3.63) is 28.8 Å². The molecule has 20 heavy (non-hydrogen) atoms. The first kappa shape index (κ1) is 14.9. The average Bonchev–Trinajstić information content (AvgIpc) is 2.86. The number of ether oxygens (including phenoxy) is 1. The van der Waals surface area contributed by atoms with Gasteiger partial charge in [0.05, 0.1) is 30.0 Å². The van der Waals surface area contributed by atoms with Crippen molar-refractivity contribution < 1.29 is 14.6 Å². The summed E-state index contributed by atoms with van der Waals surface area (Å²) < 4.78 is 4.60. The summed E-state index contributed by atoms with van der Waals surface area (Å²) in [4.78, 5) is 13.3. The van der Waals surface area contributed by atoms with Crippen molar-refractivity contribution in [1.29, 1.82) is 0 Å². The van der Waals surface area contributed by atoms with Crippen LogP contribution in [0.4, 0.5) is 10.5 Å². The van der Waals surface area contributed by atoms with Crippen LogP contribution < -0.4 is 10.2 Å². The highest BCUT2D eigenvalue weighted by Gasteiger charge is 2.25. The molecule has 1 amide bonds. The van der Waals surface area contributed by atoms with Crippen LogP contribution in [0.5, 0.6) is 0 Å². The Balaban J connectivity index is 2.04. The number of carbonyl (C=O) groups excluding carboxylic acids is 1. The molecule has 1 aromatic rings. The van der Waals surface area contributed by atoms with Gasteiger partial charge in [0.25, 0.3) is 0 Å². The number of benzene rings is 1. The van der Waals surface area contributed by atoms with Gasteiger partial charge in [-0.2, -0.15) is 0 Å². The Hall–Kier alpha value is -1.46. The Morgan fingerprint density at radius 2 is 2.35 bits per heavy atom. The topological polar surface area (TPSA) is 61.8 Å². The molecule has 0 aliphatic carbocycles. The molecule has 2 rings (SSSR count). The molecule has 0 bridgehead atoms. The van der Waals surface area contributed by atoms with Crippen molar-refractivity contribution in [3.63, 3.8) is 0 Å². The molecule has 1 heterocycles. The number of amides is 1. The van der Waals surface area contributed by atoms with E-state index in [4.69, 9.17) is 11.6 Å². The predicted octanol–water partition coefficient (Wildman–Crippen LogP) is 2.33. The number of rotatable bonds is 3. The molecule has 110 valence electrons. The van der Waals surface area contributed by atoms with E-state index in [1.54, 1.807) is 13.0 Å². The minimum Gasteiger partial charge on any atom is -0.453 e. The molecule has 0 spiro atoms. The fourth-order valence-electron chi connectivity index (χ4n) is 2.36. The molecular formula is C14H19ClN2O3. The SMILES string of the molecule is COC(=O)NC1CCN(c2ccc(C(C)O)cc2Cl)C1. The van der Waals surface area contributed by atoms with E-state index in [0.29, 0.717) is 11.6 Å². The summed E-state index contributed by atoms with van der Waals surface area (Å²) in [7, 11) is 1.35. The highest BCUT2D eigenvalue weighted by molar-refractivity contribution is 6.33. The van der Waals surface area contributed by atoms with Crippen LogP contribution in [-0.2, 0) is 4.74 Å². The highest BCUT2D eigenvalue weighted by atomic mass is 35.5. The zero-order valence-electron chi connectivity index (χ0n) is 11.6. The fourth-order valence-corrected chi connectivity index (χ4v) is 2.67. The van der Waals surface area contributed by atoms with Gasteiger partial charge >= 0.3 is 6.09 Å². The number of hydrogen-bond donors (Lipinski definition) is 2. The van der Waals surface area contributed by atoms with Gasteiger partial charge in [-0.25, -0.2) is 4.79 Å². The summed E-state index contributed by atoms with van der Waals surface area (Å²) in [5.74, 6) is 0. The highest BCUT2D eigenvalue weighted by Crippen LogP contribution is 2.31. The van der Waals surface area contributed by atoms with E-state index in [2.05, 4.69) is 15.0 Å². The molecule has 0 aromatic heterocycles. The Morgan fingerprint density at radius 3 is 2.95 bits per heavy atom. The van der Waals surface area contributed by atoms with E-state index in [1.165, 1.54) is 7.11 Å². The zero-order chi connectivity index (χ0) is 14.7. The lowest BCUT2D eigenvalue weighted by atomic mass is 10.1. The molecule has 2 unspecified atom stereocenters. The normalized spacial score (nSPS) is 19.8. The Kier molecular flexibility index (Phi) is 4.73. The van der Waals surface area contributed by atoms with Crippen LogP contribution in [0.25, 0.3) is 0 Å². The Morgan fingerprint density at radius 1 is 1.60 bits per heavy atom. The molecule has 1 fully saturated rings. The first-order chi connectivity index (χ1) is 9.51. The van der Waals surface area contributed by atoms with E-state index in [0.717, 1.165) is 24.2 Å². The number of halogens is 1. The molecule has 0 radical (unpaired) electrons. The van der Waals surface area contributed by atoms with Crippen LogP contribution in [0.1, 0.15) is 25.0 Å². The quantitative estimate of drug-likeness (QED) is 0.899. The molecule has 0 saturated carbocycles. The van der Waals surface area contributed by atoms with Crippen LogP contribution in [0.15, 0.2) is 18.2 Å². The van der Waals surface area contributed by atoms with Crippen molar-refractivity contribution in [2.75, 3.05) is 25.1 Å². The van der Waals surface area contributed by atoms with Crippen LogP contribution in [0.3, 0.4) is 0 Å². The summed E-state index contributed by atoms with van der Waals surface area (Å²) >= 11 is 6.27. The second kappa shape index (κ2) is 6.33. The van der Waals surface area contributed by atoms with Crippen LogP contribution in [-0.4, -0.2) is 37.4 Å². The summed E-state index contributed by atoms with van der Waals surface area (Å²) in [5, 5.41) is 12.9. The van der Waals surface area contributed by atoms with Gasteiger partial charge < -0.3 is 20.1 Å². The number of anilines is 1. The lowest BCUT2D eigenvalue weighted by Crippen LogP contribution is -2.37. The number of carbonyl (C=O) groups is 1. The molecule has 2 atom stereocenters. The number of nitrogens with one attached hydrogen (secondary N) is 1. The summed E-state index contributed by atoms with van der Waals surface area (Å²) in [5.41, 5.74) is 1.72. The Bertz CT molecular complexity index is 493. The third-order valence-electron chi connectivity index (χ3n) is 3.49. The predicted molar refractivity (Wildman–Crippen MR) is 78.2 cm³/mol.